The van der Waals surface area contributed by atoms with Crippen LogP contribution in [0.5, 0.6) is 0 Å². The number of hydrogen-bond acceptors (Lipinski definition) is 3. The van der Waals surface area contributed by atoms with Gasteiger partial charge >= 0.3 is 0 Å². The number of carbonyl (C=O) groups excluding carboxylic acids is 1. The van der Waals surface area contributed by atoms with Crippen molar-refractivity contribution in [3.63, 3.8) is 0 Å². The van der Waals surface area contributed by atoms with E-state index >= 15 is 0 Å². The Morgan fingerprint density at radius 2 is 2.00 bits per heavy atom. The standard InChI is InChI=1S/C17H23FN4O/c1-20(2)16(14-7-5-6-8-15(14)18)17(23)21(3)10-9-13-11-19-22(4)12-13/h5-8,11-12,16H,9-10H2,1-4H3/t16-/m0/s1. The molecule has 23 heavy (non-hydrogen) atoms. The zero-order chi connectivity index (χ0) is 17.0. The summed E-state index contributed by atoms with van der Waals surface area (Å²) >= 11 is 0. The molecule has 1 aromatic carbocycles. The topological polar surface area (TPSA) is 41.4 Å². The van der Waals surface area contributed by atoms with Gasteiger partial charge in [-0.1, -0.05) is 18.2 Å². The minimum absolute atomic E-state index is 0.121. The molecule has 0 aliphatic carbocycles. The van der Waals surface area contributed by atoms with Gasteiger partial charge in [-0.25, -0.2) is 4.39 Å². The van der Waals surface area contributed by atoms with Crippen molar-refractivity contribution in [1.29, 1.82) is 0 Å². The monoisotopic (exact) mass is 318 g/mol. The van der Waals surface area contributed by atoms with E-state index in [4.69, 9.17) is 0 Å². The van der Waals surface area contributed by atoms with Crippen LogP contribution in [0.25, 0.3) is 0 Å². The Hall–Kier alpha value is -2.21. The van der Waals surface area contributed by atoms with E-state index in [-0.39, 0.29) is 11.7 Å². The molecule has 5 nitrogen and oxygen atoms in total. The molecule has 1 atom stereocenters. The predicted molar refractivity (Wildman–Crippen MR) is 87.4 cm³/mol. The zero-order valence-electron chi connectivity index (χ0n) is 14.0. The van der Waals surface area contributed by atoms with Gasteiger partial charge in [0.1, 0.15) is 11.9 Å². The van der Waals surface area contributed by atoms with Crippen LogP contribution in [0.4, 0.5) is 4.39 Å². The first kappa shape index (κ1) is 17.1. The molecule has 0 spiro atoms. The number of benzene rings is 1. The van der Waals surface area contributed by atoms with Crippen molar-refractivity contribution in [1.82, 2.24) is 19.6 Å². The third-order valence-corrected chi connectivity index (χ3v) is 3.82. The Morgan fingerprint density at radius 3 is 2.57 bits per heavy atom. The number of hydrogen-bond donors (Lipinski definition) is 0. The van der Waals surface area contributed by atoms with Crippen molar-refractivity contribution >= 4 is 5.91 Å². The minimum atomic E-state index is -0.630. The average molecular weight is 318 g/mol. The molecule has 0 unspecified atom stereocenters. The van der Waals surface area contributed by atoms with Crippen molar-refractivity contribution in [2.24, 2.45) is 7.05 Å². The lowest BCUT2D eigenvalue weighted by Gasteiger charge is -2.28. The Bertz CT molecular complexity index is 668. The lowest BCUT2D eigenvalue weighted by Crippen LogP contribution is -2.39. The van der Waals surface area contributed by atoms with Gasteiger partial charge in [-0.05, 0) is 32.1 Å². The fourth-order valence-electron chi connectivity index (χ4n) is 2.55. The van der Waals surface area contributed by atoms with Gasteiger partial charge < -0.3 is 4.90 Å². The van der Waals surface area contributed by atoms with Crippen molar-refractivity contribution in [2.75, 3.05) is 27.7 Å². The normalized spacial score (nSPS) is 12.4. The van der Waals surface area contributed by atoms with Gasteiger partial charge in [-0.3, -0.25) is 14.4 Å². The molecule has 1 amide bonds. The molecule has 0 radical (unpaired) electrons. The maximum Gasteiger partial charge on any atom is 0.244 e. The quantitative estimate of drug-likeness (QED) is 0.816. The van der Waals surface area contributed by atoms with E-state index in [9.17, 15) is 9.18 Å². The predicted octanol–water partition coefficient (Wildman–Crippen LogP) is 1.86. The van der Waals surface area contributed by atoms with Crippen LogP contribution >= 0.6 is 0 Å². The Kier molecular flexibility index (Phi) is 5.50. The Labute approximate surface area is 136 Å². The lowest BCUT2D eigenvalue weighted by atomic mass is 10.0. The Morgan fingerprint density at radius 1 is 1.30 bits per heavy atom. The molecular weight excluding hydrogens is 295 g/mol. The summed E-state index contributed by atoms with van der Waals surface area (Å²) in [4.78, 5) is 16.1. The molecule has 0 fully saturated rings. The summed E-state index contributed by atoms with van der Waals surface area (Å²) in [5.41, 5.74) is 1.47. The van der Waals surface area contributed by atoms with E-state index < -0.39 is 6.04 Å². The second-order valence-corrected chi connectivity index (χ2v) is 5.92. The first-order chi connectivity index (χ1) is 10.9. The number of likely N-dealkylation sites (N-methyl/N-ethyl adjacent to an activating group) is 2. The highest BCUT2D eigenvalue weighted by Gasteiger charge is 2.28. The zero-order valence-corrected chi connectivity index (χ0v) is 14.0. The number of carbonyl (C=O) groups is 1. The molecule has 6 heteroatoms. The third-order valence-electron chi connectivity index (χ3n) is 3.82. The summed E-state index contributed by atoms with van der Waals surface area (Å²) < 4.78 is 15.8. The molecule has 2 aromatic rings. The lowest BCUT2D eigenvalue weighted by molar-refractivity contribution is -0.135. The fourth-order valence-corrected chi connectivity index (χ4v) is 2.55. The fraction of sp³-hybridized carbons (Fsp3) is 0.412. The number of rotatable bonds is 6. The summed E-state index contributed by atoms with van der Waals surface area (Å²) in [5, 5.41) is 4.12. The van der Waals surface area contributed by atoms with Crippen LogP contribution < -0.4 is 0 Å². The van der Waals surface area contributed by atoms with Gasteiger partial charge in [0.25, 0.3) is 0 Å². The van der Waals surface area contributed by atoms with Gasteiger partial charge in [-0.2, -0.15) is 5.10 Å². The van der Waals surface area contributed by atoms with Crippen molar-refractivity contribution in [3.05, 3.63) is 53.6 Å². The van der Waals surface area contributed by atoms with E-state index in [0.29, 0.717) is 18.5 Å². The smallest absolute Gasteiger partial charge is 0.244 e. The molecule has 0 aliphatic rings. The molecule has 0 N–H and O–H groups in total. The van der Waals surface area contributed by atoms with E-state index in [1.165, 1.54) is 6.07 Å². The maximum absolute atomic E-state index is 14.1. The third kappa shape index (κ3) is 4.16. The number of aryl methyl sites for hydroxylation is 1. The van der Waals surface area contributed by atoms with Gasteiger partial charge in [-0.15, -0.1) is 0 Å². The number of halogens is 1. The van der Waals surface area contributed by atoms with E-state index in [1.807, 2.05) is 13.2 Å². The summed E-state index contributed by atoms with van der Waals surface area (Å²) in [6, 6.07) is 5.79. The molecule has 1 aromatic heterocycles. The van der Waals surface area contributed by atoms with Crippen molar-refractivity contribution in [3.8, 4) is 0 Å². The van der Waals surface area contributed by atoms with Crippen LogP contribution in [-0.2, 0) is 18.3 Å². The van der Waals surface area contributed by atoms with Crippen LogP contribution in [0.2, 0.25) is 0 Å². The summed E-state index contributed by atoms with van der Waals surface area (Å²) in [6.07, 6.45) is 4.44. The summed E-state index contributed by atoms with van der Waals surface area (Å²) in [5.74, 6) is -0.482. The molecule has 0 saturated heterocycles. The molecule has 2 rings (SSSR count). The first-order valence-corrected chi connectivity index (χ1v) is 7.53. The van der Waals surface area contributed by atoms with Crippen LogP contribution in [0.15, 0.2) is 36.7 Å². The van der Waals surface area contributed by atoms with Gasteiger partial charge in [0, 0.05) is 32.4 Å². The van der Waals surface area contributed by atoms with E-state index in [2.05, 4.69) is 5.10 Å². The molecule has 124 valence electrons. The highest BCUT2D eigenvalue weighted by Crippen LogP contribution is 2.23. The molecule has 1 heterocycles. The summed E-state index contributed by atoms with van der Waals surface area (Å²) in [6.45, 7) is 0.559. The molecular formula is C17H23FN4O. The van der Waals surface area contributed by atoms with Crippen LogP contribution in [0.1, 0.15) is 17.2 Å². The van der Waals surface area contributed by atoms with Crippen LogP contribution in [-0.4, -0.2) is 53.2 Å². The highest BCUT2D eigenvalue weighted by atomic mass is 19.1. The van der Waals surface area contributed by atoms with E-state index in [1.54, 1.807) is 60.0 Å². The largest absolute Gasteiger partial charge is 0.344 e. The SMILES string of the molecule is CN(CCc1cnn(C)c1)C(=O)[C@H](c1ccccc1F)N(C)C. The summed E-state index contributed by atoms with van der Waals surface area (Å²) in [7, 11) is 7.17. The van der Waals surface area contributed by atoms with Crippen molar-refractivity contribution in [2.45, 2.75) is 12.5 Å². The van der Waals surface area contributed by atoms with Gasteiger partial charge in [0.2, 0.25) is 5.91 Å². The Balaban J connectivity index is 2.10. The second kappa shape index (κ2) is 7.37. The molecule has 0 bridgehead atoms. The number of amides is 1. The molecule has 0 saturated carbocycles. The molecule has 0 aliphatic heterocycles. The van der Waals surface area contributed by atoms with Gasteiger partial charge in [0.05, 0.1) is 6.20 Å². The van der Waals surface area contributed by atoms with E-state index in [0.717, 1.165) is 5.56 Å². The van der Waals surface area contributed by atoms with Crippen LogP contribution in [0, 0.1) is 5.82 Å². The second-order valence-electron chi connectivity index (χ2n) is 5.92. The maximum atomic E-state index is 14.1. The van der Waals surface area contributed by atoms with Crippen LogP contribution in [0.3, 0.4) is 0 Å². The first-order valence-electron chi connectivity index (χ1n) is 7.53. The number of nitrogens with zero attached hydrogens (tertiary/aromatic N) is 4. The minimum Gasteiger partial charge on any atom is -0.344 e. The highest BCUT2D eigenvalue weighted by molar-refractivity contribution is 5.83. The van der Waals surface area contributed by atoms with Crippen molar-refractivity contribution < 1.29 is 9.18 Å². The number of aromatic nitrogens is 2. The van der Waals surface area contributed by atoms with Gasteiger partial charge in [0.15, 0.2) is 0 Å². The average Bonchev–Trinajstić information content (AvgIpc) is 2.92.